The van der Waals surface area contributed by atoms with E-state index >= 15 is 0 Å². The number of anilines is 1. The number of nitrogens with one attached hydrogen (secondary N) is 1. The first-order valence-corrected chi connectivity index (χ1v) is 8.62. The van der Waals surface area contributed by atoms with Gasteiger partial charge in [0.15, 0.2) is 5.76 Å². The molecule has 0 fully saturated rings. The molecular formula is C18H16N4O5. The van der Waals surface area contributed by atoms with E-state index in [9.17, 15) is 19.7 Å². The van der Waals surface area contributed by atoms with Crippen molar-refractivity contribution in [3.05, 3.63) is 62.4 Å². The average Bonchev–Trinajstić information content (AvgIpc) is 3.03. The third-order valence-electron chi connectivity index (χ3n) is 4.57. The Bertz CT molecular complexity index is 1110. The summed E-state index contributed by atoms with van der Waals surface area (Å²) in [5, 5.41) is 13.7. The second kappa shape index (κ2) is 6.67. The highest BCUT2D eigenvalue weighted by molar-refractivity contribution is 6.03. The topological polar surface area (TPSA) is 120 Å². The van der Waals surface area contributed by atoms with Crippen molar-refractivity contribution in [1.82, 2.24) is 9.55 Å². The van der Waals surface area contributed by atoms with Gasteiger partial charge in [0.05, 0.1) is 17.0 Å². The smallest absolute Gasteiger partial charge is 0.395 e. The van der Waals surface area contributed by atoms with Crippen molar-refractivity contribution < 1.29 is 14.1 Å². The summed E-state index contributed by atoms with van der Waals surface area (Å²) in [7, 11) is 0. The number of hydrogen-bond donors (Lipinski definition) is 1. The predicted molar refractivity (Wildman–Crippen MR) is 96.9 cm³/mol. The molecule has 27 heavy (non-hydrogen) atoms. The summed E-state index contributed by atoms with van der Waals surface area (Å²) < 4.78 is 6.59. The zero-order chi connectivity index (χ0) is 19.0. The third-order valence-corrected chi connectivity index (χ3v) is 4.57. The summed E-state index contributed by atoms with van der Waals surface area (Å²) in [4.78, 5) is 39.6. The van der Waals surface area contributed by atoms with Gasteiger partial charge < -0.3 is 9.73 Å². The summed E-state index contributed by atoms with van der Waals surface area (Å²) in [5.74, 6) is -0.530. The van der Waals surface area contributed by atoms with Crippen LogP contribution in [0.3, 0.4) is 0 Å². The van der Waals surface area contributed by atoms with Crippen LogP contribution in [-0.2, 0) is 13.0 Å². The van der Waals surface area contributed by atoms with Crippen LogP contribution in [-0.4, -0.2) is 20.4 Å². The molecule has 1 amide bonds. The lowest BCUT2D eigenvalue weighted by Gasteiger charge is -2.11. The second-order valence-corrected chi connectivity index (χ2v) is 6.38. The van der Waals surface area contributed by atoms with Crippen LogP contribution in [0.5, 0.6) is 0 Å². The Hall–Kier alpha value is -3.49. The van der Waals surface area contributed by atoms with Gasteiger partial charge in [-0.25, -0.2) is 4.98 Å². The van der Waals surface area contributed by atoms with Gasteiger partial charge >= 0.3 is 5.88 Å². The lowest BCUT2D eigenvalue weighted by Crippen LogP contribution is -2.24. The first kappa shape index (κ1) is 17.0. The maximum atomic E-state index is 12.8. The van der Waals surface area contributed by atoms with E-state index in [1.807, 2.05) is 0 Å². The Morgan fingerprint density at radius 1 is 1.22 bits per heavy atom. The number of carbonyl (C=O) groups excluding carboxylic acids is 1. The highest BCUT2D eigenvalue weighted by Gasteiger charge is 2.18. The van der Waals surface area contributed by atoms with Crippen LogP contribution >= 0.6 is 0 Å². The molecule has 0 spiro atoms. The van der Waals surface area contributed by atoms with E-state index in [0.717, 1.165) is 37.6 Å². The highest BCUT2D eigenvalue weighted by atomic mass is 16.6. The fourth-order valence-corrected chi connectivity index (χ4v) is 3.24. The van der Waals surface area contributed by atoms with Crippen molar-refractivity contribution in [2.45, 2.75) is 32.2 Å². The molecule has 0 radical (unpaired) electrons. The van der Waals surface area contributed by atoms with Crippen molar-refractivity contribution in [2.75, 3.05) is 5.32 Å². The number of fused-ring (bicyclic) bond motifs is 2. The summed E-state index contributed by atoms with van der Waals surface area (Å²) >= 11 is 0. The van der Waals surface area contributed by atoms with Crippen LogP contribution in [0, 0.1) is 10.1 Å². The van der Waals surface area contributed by atoms with Gasteiger partial charge in [-0.3, -0.25) is 24.3 Å². The standard InChI is InChI=1S/C18H16N4O5/c23-17(14-7-8-16(27-14)22(25)26)19-11-5-6-13-12(10-11)18(24)21-9-3-1-2-4-15(21)20-13/h5-8,10H,1-4,9H2,(H,19,23). The van der Waals surface area contributed by atoms with Crippen LogP contribution in [0.1, 0.15) is 35.6 Å². The number of carbonyl (C=O) groups is 1. The van der Waals surface area contributed by atoms with Gasteiger partial charge in [-0.2, -0.15) is 0 Å². The minimum atomic E-state index is -0.717. The number of furan rings is 1. The SMILES string of the molecule is O=C(Nc1ccc2nc3n(c(=O)c2c1)CCCCC3)c1ccc([N+](=O)[O-])o1. The molecule has 3 heterocycles. The summed E-state index contributed by atoms with van der Waals surface area (Å²) in [5.41, 5.74) is 0.848. The van der Waals surface area contributed by atoms with E-state index in [-0.39, 0.29) is 11.3 Å². The van der Waals surface area contributed by atoms with Gasteiger partial charge in [-0.15, -0.1) is 0 Å². The molecule has 0 unspecified atom stereocenters. The zero-order valence-electron chi connectivity index (χ0n) is 14.3. The summed E-state index contributed by atoms with van der Waals surface area (Å²) in [6, 6.07) is 7.23. The molecule has 4 rings (SSSR count). The molecule has 3 aromatic rings. The molecule has 0 aliphatic carbocycles. The van der Waals surface area contributed by atoms with Gasteiger partial charge in [0, 0.05) is 18.7 Å². The van der Waals surface area contributed by atoms with E-state index in [1.165, 1.54) is 6.07 Å². The zero-order valence-corrected chi connectivity index (χ0v) is 14.3. The number of aromatic nitrogens is 2. The Balaban J connectivity index is 1.66. The molecular weight excluding hydrogens is 352 g/mol. The molecule has 9 nitrogen and oxygen atoms in total. The molecule has 0 saturated heterocycles. The Morgan fingerprint density at radius 2 is 2.07 bits per heavy atom. The van der Waals surface area contributed by atoms with Gasteiger partial charge in [-0.1, -0.05) is 6.42 Å². The number of amides is 1. The lowest BCUT2D eigenvalue weighted by molar-refractivity contribution is -0.402. The van der Waals surface area contributed by atoms with Crippen molar-refractivity contribution >= 4 is 28.4 Å². The molecule has 9 heteroatoms. The Labute approximate surface area is 152 Å². The largest absolute Gasteiger partial charge is 0.433 e. The second-order valence-electron chi connectivity index (χ2n) is 6.38. The highest BCUT2D eigenvalue weighted by Crippen LogP contribution is 2.20. The normalized spacial score (nSPS) is 13.8. The van der Waals surface area contributed by atoms with Crippen molar-refractivity contribution in [1.29, 1.82) is 0 Å². The number of benzene rings is 1. The predicted octanol–water partition coefficient (Wildman–Crippen LogP) is 2.88. The average molecular weight is 368 g/mol. The fourth-order valence-electron chi connectivity index (χ4n) is 3.24. The minimum absolute atomic E-state index is 0.123. The maximum absolute atomic E-state index is 12.8. The van der Waals surface area contributed by atoms with Gasteiger partial charge in [0.2, 0.25) is 0 Å². The van der Waals surface area contributed by atoms with E-state index in [1.54, 1.807) is 22.8 Å². The number of aryl methyl sites for hydroxylation is 1. The quantitative estimate of drug-likeness (QED) is 0.560. The Kier molecular flexibility index (Phi) is 4.19. The van der Waals surface area contributed by atoms with Crippen LogP contribution in [0.4, 0.5) is 11.6 Å². The van der Waals surface area contributed by atoms with E-state index < -0.39 is 16.7 Å². The van der Waals surface area contributed by atoms with E-state index in [2.05, 4.69) is 10.3 Å². The van der Waals surface area contributed by atoms with Gasteiger partial charge in [-0.05, 0) is 37.1 Å². The molecule has 0 saturated carbocycles. The lowest BCUT2D eigenvalue weighted by atomic mass is 10.2. The molecule has 0 bridgehead atoms. The monoisotopic (exact) mass is 368 g/mol. The van der Waals surface area contributed by atoms with Gasteiger partial charge in [0.25, 0.3) is 11.5 Å². The molecule has 1 aliphatic heterocycles. The molecule has 1 aliphatic rings. The summed E-state index contributed by atoms with van der Waals surface area (Å²) in [6.45, 7) is 0.643. The number of nitro groups is 1. The fraction of sp³-hybridized carbons (Fsp3) is 0.278. The number of hydrogen-bond acceptors (Lipinski definition) is 6. The Morgan fingerprint density at radius 3 is 2.85 bits per heavy atom. The number of nitrogens with zero attached hydrogens (tertiary/aromatic N) is 3. The van der Waals surface area contributed by atoms with E-state index in [4.69, 9.17) is 4.42 Å². The first-order valence-electron chi connectivity index (χ1n) is 8.62. The number of rotatable bonds is 3. The van der Waals surface area contributed by atoms with Crippen LogP contribution < -0.4 is 10.9 Å². The van der Waals surface area contributed by atoms with Crippen molar-refractivity contribution in [3.63, 3.8) is 0 Å². The van der Waals surface area contributed by atoms with Crippen LogP contribution in [0.15, 0.2) is 39.5 Å². The van der Waals surface area contributed by atoms with Crippen LogP contribution in [0.25, 0.3) is 10.9 Å². The van der Waals surface area contributed by atoms with Crippen molar-refractivity contribution in [3.8, 4) is 0 Å². The molecule has 2 aromatic heterocycles. The molecule has 1 aromatic carbocycles. The van der Waals surface area contributed by atoms with E-state index in [0.29, 0.717) is 23.1 Å². The molecule has 0 atom stereocenters. The van der Waals surface area contributed by atoms with Gasteiger partial charge in [0.1, 0.15) is 10.7 Å². The maximum Gasteiger partial charge on any atom is 0.433 e. The first-order chi connectivity index (χ1) is 13.0. The molecule has 138 valence electrons. The van der Waals surface area contributed by atoms with Crippen molar-refractivity contribution in [2.24, 2.45) is 0 Å². The summed E-state index contributed by atoms with van der Waals surface area (Å²) in [6.07, 6.45) is 3.80. The molecule has 1 N–H and O–H groups in total. The third kappa shape index (κ3) is 3.19. The van der Waals surface area contributed by atoms with Crippen LogP contribution in [0.2, 0.25) is 0 Å². The minimum Gasteiger partial charge on any atom is -0.395 e.